The van der Waals surface area contributed by atoms with Gasteiger partial charge in [0.1, 0.15) is 5.75 Å². The summed E-state index contributed by atoms with van der Waals surface area (Å²) >= 11 is 0. The second-order valence-corrected chi connectivity index (χ2v) is 5.87. The van der Waals surface area contributed by atoms with Gasteiger partial charge in [0.15, 0.2) is 0 Å². The van der Waals surface area contributed by atoms with Gasteiger partial charge in [0.2, 0.25) is 0 Å². The monoisotopic (exact) mass is 249 g/mol. The molecular weight excluding hydrogens is 222 g/mol. The Morgan fingerprint density at radius 1 is 1.33 bits per heavy atom. The van der Waals surface area contributed by atoms with Crippen LogP contribution in [0, 0.1) is 12.8 Å². The zero-order valence-electron chi connectivity index (χ0n) is 12.6. The van der Waals surface area contributed by atoms with Gasteiger partial charge in [0.25, 0.3) is 0 Å². The molecule has 1 rings (SSSR count). The molecule has 1 aromatic rings. The summed E-state index contributed by atoms with van der Waals surface area (Å²) in [5.41, 5.74) is 2.78. The summed E-state index contributed by atoms with van der Waals surface area (Å²) in [7, 11) is 3.75. The lowest BCUT2D eigenvalue weighted by molar-refractivity contribution is 0.356. The van der Waals surface area contributed by atoms with Gasteiger partial charge in [0, 0.05) is 12.0 Å². The zero-order chi connectivity index (χ0) is 13.8. The van der Waals surface area contributed by atoms with Crippen molar-refractivity contribution in [2.75, 3.05) is 20.7 Å². The van der Waals surface area contributed by atoms with E-state index in [2.05, 4.69) is 51.2 Å². The van der Waals surface area contributed by atoms with Crippen molar-refractivity contribution in [3.8, 4) is 5.75 Å². The van der Waals surface area contributed by atoms with Crippen molar-refractivity contribution in [1.29, 1.82) is 0 Å². The maximum absolute atomic E-state index is 5.34. The third-order valence-corrected chi connectivity index (χ3v) is 3.52. The van der Waals surface area contributed by atoms with Crippen molar-refractivity contribution in [3.05, 3.63) is 29.3 Å². The molecule has 1 N–H and O–H groups in total. The quantitative estimate of drug-likeness (QED) is 0.833. The summed E-state index contributed by atoms with van der Waals surface area (Å²) in [5.74, 6) is 1.65. The maximum atomic E-state index is 5.34. The van der Waals surface area contributed by atoms with Gasteiger partial charge >= 0.3 is 0 Å². The Morgan fingerprint density at radius 3 is 2.44 bits per heavy atom. The van der Waals surface area contributed by atoms with E-state index in [-0.39, 0.29) is 5.41 Å². The molecule has 0 fully saturated rings. The highest BCUT2D eigenvalue weighted by Crippen LogP contribution is 2.33. The molecule has 1 unspecified atom stereocenters. The van der Waals surface area contributed by atoms with E-state index < -0.39 is 0 Å². The van der Waals surface area contributed by atoms with Crippen LogP contribution < -0.4 is 10.1 Å². The fourth-order valence-corrected chi connectivity index (χ4v) is 2.84. The lowest BCUT2D eigenvalue weighted by Gasteiger charge is -2.32. The van der Waals surface area contributed by atoms with Crippen molar-refractivity contribution in [3.63, 3.8) is 0 Å². The molecule has 0 saturated heterocycles. The molecule has 0 spiro atoms. The number of rotatable bonds is 6. The third kappa shape index (κ3) is 3.49. The van der Waals surface area contributed by atoms with Crippen LogP contribution >= 0.6 is 0 Å². The molecule has 0 aromatic heterocycles. The van der Waals surface area contributed by atoms with Crippen LogP contribution in [0.25, 0.3) is 0 Å². The number of likely N-dealkylation sites (N-methyl/N-ethyl adjacent to an activating group) is 1. The van der Waals surface area contributed by atoms with E-state index in [1.807, 2.05) is 7.05 Å². The van der Waals surface area contributed by atoms with Gasteiger partial charge in [0.05, 0.1) is 7.11 Å². The molecule has 0 radical (unpaired) electrons. The highest BCUT2D eigenvalue weighted by molar-refractivity contribution is 5.39. The Bertz CT molecular complexity index is 387. The first-order chi connectivity index (χ1) is 8.42. The Kier molecular flexibility index (Phi) is 5.21. The minimum Gasteiger partial charge on any atom is -0.496 e. The number of aryl methyl sites for hydroxylation is 1. The minimum atomic E-state index is 0.181. The largest absolute Gasteiger partial charge is 0.496 e. The van der Waals surface area contributed by atoms with Crippen LogP contribution in [0.2, 0.25) is 0 Å². The van der Waals surface area contributed by atoms with Gasteiger partial charge in [-0.25, -0.2) is 0 Å². The van der Waals surface area contributed by atoms with E-state index >= 15 is 0 Å². The van der Waals surface area contributed by atoms with Crippen LogP contribution in [0.4, 0.5) is 0 Å². The van der Waals surface area contributed by atoms with Gasteiger partial charge in [-0.1, -0.05) is 32.9 Å². The second-order valence-electron chi connectivity index (χ2n) is 5.87. The first-order valence-electron chi connectivity index (χ1n) is 6.72. The molecule has 0 bridgehead atoms. The lowest BCUT2D eigenvalue weighted by Crippen LogP contribution is -2.35. The predicted molar refractivity (Wildman–Crippen MR) is 78.5 cm³/mol. The van der Waals surface area contributed by atoms with Crippen LogP contribution in [0.15, 0.2) is 18.2 Å². The Hall–Kier alpha value is -1.02. The topological polar surface area (TPSA) is 21.3 Å². The second kappa shape index (κ2) is 6.24. The standard InChI is InChI=1S/C16H27NO/c1-12(2)10-16(4,11-17-5)14-7-8-15(18-6)13(3)9-14/h7-9,12,17H,10-11H2,1-6H3. The number of ether oxygens (including phenoxy) is 1. The average molecular weight is 249 g/mol. The van der Waals surface area contributed by atoms with Crippen LogP contribution in [-0.4, -0.2) is 20.7 Å². The molecule has 0 aliphatic rings. The summed E-state index contributed by atoms with van der Waals surface area (Å²) in [5, 5.41) is 3.33. The molecule has 0 heterocycles. The van der Waals surface area contributed by atoms with Crippen molar-refractivity contribution >= 4 is 0 Å². The molecule has 2 heteroatoms. The number of hydrogen-bond acceptors (Lipinski definition) is 2. The molecule has 0 aliphatic carbocycles. The summed E-state index contributed by atoms with van der Waals surface area (Å²) in [6.07, 6.45) is 1.18. The highest BCUT2D eigenvalue weighted by atomic mass is 16.5. The molecule has 0 saturated carbocycles. The number of nitrogens with one attached hydrogen (secondary N) is 1. The van der Waals surface area contributed by atoms with Crippen LogP contribution in [-0.2, 0) is 5.41 Å². The molecular formula is C16H27NO. The summed E-state index contributed by atoms with van der Waals surface area (Å²) < 4.78 is 5.34. The smallest absolute Gasteiger partial charge is 0.121 e. The Labute approximate surface area is 112 Å². The highest BCUT2D eigenvalue weighted by Gasteiger charge is 2.27. The minimum absolute atomic E-state index is 0.181. The van der Waals surface area contributed by atoms with Crippen molar-refractivity contribution in [2.24, 2.45) is 5.92 Å². The van der Waals surface area contributed by atoms with E-state index in [0.29, 0.717) is 5.92 Å². The molecule has 2 nitrogen and oxygen atoms in total. The molecule has 102 valence electrons. The lowest BCUT2D eigenvalue weighted by atomic mass is 9.75. The first-order valence-corrected chi connectivity index (χ1v) is 6.72. The van der Waals surface area contributed by atoms with E-state index in [0.717, 1.165) is 12.3 Å². The fraction of sp³-hybridized carbons (Fsp3) is 0.625. The van der Waals surface area contributed by atoms with Crippen LogP contribution in [0.5, 0.6) is 5.75 Å². The van der Waals surface area contributed by atoms with Crippen molar-refractivity contribution in [1.82, 2.24) is 5.32 Å². The van der Waals surface area contributed by atoms with Gasteiger partial charge < -0.3 is 10.1 Å². The molecule has 1 atom stereocenters. The normalized spacial score (nSPS) is 14.6. The Morgan fingerprint density at radius 2 is 2.00 bits per heavy atom. The number of methoxy groups -OCH3 is 1. The molecule has 0 amide bonds. The van der Waals surface area contributed by atoms with Crippen LogP contribution in [0.3, 0.4) is 0 Å². The third-order valence-electron chi connectivity index (χ3n) is 3.52. The Balaban J connectivity index is 3.09. The van der Waals surface area contributed by atoms with Crippen LogP contribution in [0.1, 0.15) is 38.3 Å². The first kappa shape index (κ1) is 15.0. The van der Waals surface area contributed by atoms with Gasteiger partial charge in [-0.2, -0.15) is 0 Å². The van der Waals surface area contributed by atoms with Gasteiger partial charge in [-0.05, 0) is 43.5 Å². The number of hydrogen-bond donors (Lipinski definition) is 1. The van der Waals surface area contributed by atoms with E-state index in [9.17, 15) is 0 Å². The van der Waals surface area contributed by atoms with Gasteiger partial charge in [-0.15, -0.1) is 0 Å². The summed E-state index contributed by atoms with van der Waals surface area (Å²) in [6, 6.07) is 6.54. The van der Waals surface area contributed by atoms with E-state index in [4.69, 9.17) is 4.74 Å². The zero-order valence-corrected chi connectivity index (χ0v) is 12.6. The van der Waals surface area contributed by atoms with E-state index in [1.54, 1.807) is 7.11 Å². The predicted octanol–water partition coefficient (Wildman–Crippen LogP) is 3.53. The maximum Gasteiger partial charge on any atom is 0.121 e. The van der Waals surface area contributed by atoms with Crippen molar-refractivity contribution in [2.45, 2.75) is 39.5 Å². The molecule has 1 aromatic carbocycles. The fourth-order valence-electron chi connectivity index (χ4n) is 2.84. The van der Waals surface area contributed by atoms with Crippen molar-refractivity contribution < 1.29 is 4.74 Å². The molecule has 18 heavy (non-hydrogen) atoms. The molecule has 0 aliphatic heterocycles. The summed E-state index contributed by atoms with van der Waals surface area (Å²) in [6.45, 7) is 10.0. The van der Waals surface area contributed by atoms with Gasteiger partial charge in [-0.3, -0.25) is 0 Å². The number of benzene rings is 1. The SMILES string of the molecule is CNCC(C)(CC(C)C)c1ccc(OC)c(C)c1. The summed E-state index contributed by atoms with van der Waals surface area (Å²) in [4.78, 5) is 0. The van der Waals surface area contributed by atoms with E-state index in [1.165, 1.54) is 17.5 Å². The average Bonchev–Trinajstić information content (AvgIpc) is 2.28.